The van der Waals surface area contributed by atoms with Gasteiger partial charge in [-0.1, -0.05) is 0 Å². The lowest BCUT2D eigenvalue weighted by molar-refractivity contribution is 0.0937. The third-order valence-electron chi connectivity index (χ3n) is 3.78. The zero-order valence-corrected chi connectivity index (χ0v) is 14.0. The highest BCUT2D eigenvalue weighted by Gasteiger charge is 2.15. The summed E-state index contributed by atoms with van der Waals surface area (Å²) in [7, 11) is 2.83. The van der Waals surface area contributed by atoms with Crippen LogP contribution in [0.3, 0.4) is 0 Å². The Balaban J connectivity index is 2.16. The third-order valence-corrected chi connectivity index (χ3v) is 3.78. The summed E-state index contributed by atoms with van der Waals surface area (Å²) in [5.74, 6) is -0.462. The number of carbonyl (C=O) groups excluding carboxylic acids is 1. The fraction of sp³-hybridized carbons (Fsp3) is 0.467. The first-order valence-electron chi connectivity index (χ1n) is 7.30. The predicted molar refractivity (Wildman–Crippen MR) is 85.7 cm³/mol. The van der Waals surface area contributed by atoms with Crippen LogP contribution in [0.1, 0.15) is 34.8 Å². The molecule has 2 heterocycles. The van der Waals surface area contributed by atoms with Crippen LogP contribution in [0.25, 0.3) is 0 Å². The SMILES string of the molecule is Cc1cc(C)n([C@H](C)CNC(=O)c2cc(=O)n(C)c(=O)n2C)n1. The van der Waals surface area contributed by atoms with Gasteiger partial charge in [0.2, 0.25) is 0 Å². The number of rotatable bonds is 4. The van der Waals surface area contributed by atoms with E-state index < -0.39 is 17.2 Å². The lowest BCUT2D eigenvalue weighted by Gasteiger charge is -2.16. The Morgan fingerprint density at radius 3 is 2.43 bits per heavy atom. The molecule has 2 rings (SSSR count). The molecular formula is C15H21N5O3. The highest BCUT2D eigenvalue weighted by atomic mass is 16.2. The minimum Gasteiger partial charge on any atom is -0.349 e. The Kier molecular flexibility index (Phi) is 4.53. The van der Waals surface area contributed by atoms with Crippen LogP contribution in [-0.2, 0) is 14.1 Å². The molecule has 0 spiro atoms. The van der Waals surface area contributed by atoms with Crippen LogP contribution >= 0.6 is 0 Å². The van der Waals surface area contributed by atoms with Gasteiger partial charge in [0.25, 0.3) is 11.5 Å². The van der Waals surface area contributed by atoms with Crippen molar-refractivity contribution >= 4 is 5.91 Å². The average molecular weight is 319 g/mol. The maximum Gasteiger partial charge on any atom is 0.331 e. The van der Waals surface area contributed by atoms with Gasteiger partial charge in [-0.05, 0) is 26.8 Å². The van der Waals surface area contributed by atoms with E-state index in [9.17, 15) is 14.4 Å². The van der Waals surface area contributed by atoms with Crippen LogP contribution in [-0.4, -0.2) is 31.4 Å². The number of hydrogen-bond donors (Lipinski definition) is 1. The Labute approximate surface area is 133 Å². The number of carbonyl (C=O) groups is 1. The highest BCUT2D eigenvalue weighted by Crippen LogP contribution is 2.09. The van der Waals surface area contributed by atoms with Gasteiger partial charge < -0.3 is 5.32 Å². The van der Waals surface area contributed by atoms with Gasteiger partial charge in [-0.15, -0.1) is 0 Å². The van der Waals surface area contributed by atoms with Gasteiger partial charge in [0, 0.05) is 32.4 Å². The molecule has 8 heteroatoms. The largest absolute Gasteiger partial charge is 0.349 e. The molecule has 1 amide bonds. The molecule has 0 unspecified atom stereocenters. The summed E-state index contributed by atoms with van der Waals surface area (Å²) in [6.07, 6.45) is 0. The topological polar surface area (TPSA) is 90.9 Å². The number of aryl methyl sites for hydroxylation is 2. The minimum atomic E-state index is -0.533. The van der Waals surface area contributed by atoms with E-state index in [-0.39, 0.29) is 11.7 Å². The first-order valence-corrected chi connectivity index (χ1v) is 7.30. The second-order valence-corrected chi connectivity index (χ2v) is 5.70. The van der Waals surface area contributed by atoms with Gasteiger partial charge in [0.15, 0.2) is 0 Å². The molecule has 0 aliphatic heterocycles. The highest BCUT2D eigenvalue weighted by molar-refractivity contribution is 5.92. The Morgan fingerprint density at radius 1 is 1.22 bits per heavy atom. The number of nitrogens with one attached hydrogen (secondary N) is 1. The standard InChI is InChI=1S/C15H21N5O3/c1-9-6-10(2)20(17-9)11(3)8-16-14(22)12-7-13(21)19(5)15(23)18(12)4/h6-7,11H,8H2,1-5H3,(H,16,22)/t11-/m1/s1. The second kappa shape index (κ2) is 6.23. The van der Waals surface area contributed by atoms with Crippen molar-refractivity contribution in [3.8, 4) is 0 Å². The molecule has 0 bridgehead atoms. The quantitative estimate of drug-likeness (QED) is 0.851. The Morgan fingerprint density at radius 2 is 1.87 bits per heavy atom. The third kappa shape index (κ3) is 3.25. The maximum atomic E-state index is 12.3. The summed E-state index contributed by atoms with van der Waals surface area (Å²) < 4.78 is 3.94. The Bertz CT molecular complexity index is 859. The van der Waals surface area contributed by atoms with Crippen molar-refractivity contribution < 1.29 is 4.79 Å². The second-order valence-electron chi connectivity index (χ2n) is 5.70. The van der Waals surface area contributed by atoms with Crippen LogP contribution in [0.15, 0.2) is 21.7 Å². The lowest BCUT2D eigenvalue weighted by atomic mass is 10.3. The van der Waals surface area contributed by atoms with Crippen molar-refractivity contribution in [3.63, 3.8) is 0 Å². The van der Waals surface area contributed by atoms with Crippen molar-refractivity contribution in [3.05, 3.63) is 50.1 Å². The van der Waals surface area contributed by atoms with Crippen LogP contribution in [0.5, 0.6) is 0 Å². The molecule has 0 saturated carbocycles. The molecule has 2 aromatic heterocycles. The molecule has 0 radical (unpaired) electrons. The van der Waals surface area contributed by atoms with E-state index in [2.05, 4.69) is 10.4 Å². The monoisotopic (exact) mass is 319 g/mol. The summed E-state index contributed by atoms with van der Waals surface area (Å²) in [6, 6.07) is 3.07. The minimum absolute atomic E-state index is 0.0404. The zero-order valence-electron chi connectivity index (χ0n) is 14.0. The van der Waals surface area contributed by atoms with Gasteiger partial charge in [-0.25, -0.2) is 4.79 Å². The van der Waals surface area contributed by atoms with Crippen LogP contribution in [0.2, 0.25) is 0 Å². The van der Waals surface area contributed by atoms with Crippen molar-refractivity contribution in [1.29, 1.82) is 0 Å². The molecule has 0 aliphatic rings. The molecule has 0 fully saturated rings. The smallest absolute Gasteiger partial charge is 0.331 e. The summed E-state index contributed by atoms with van der Waals surface area (Å²) in [4.78, 5) is 35.8. The predicted octanol–water partition coefficient (Wildman–Crippen LogP) is -0.112. The van der Waals surface area contributed by atoms with E-state index in [0.29, 0.717) is 6.54 Å². The number of aromatic nitrogens is 4. The summed E-state index contributed by atoms with van der Waals surface area (Å²) >= 11 is 0. The molecule has 8 nitrogen and oxygen atoms in total. The maximum absolute atomic E-state index is 12.3. The van der Waals surface area contributed by atoms with E-state index in [1.807, 2.05) is 31.5 Å². The van der Waals surface area contributed by atoms with Crippen molar-refractivity contribution in [1.82, 2.24) is 24.2 Å². The fourth-order valence-corrected chi connectivity index (χ4v) is 2.46. The van der Waals surface area contributed by atoms with Crippen LogP contribution in [0.4, 0.5) is 0 Å². The summed E-state index contributed by atoms with van der Waals surface area (Å²) in [6.45, 7) is 6.13. The molecule has 0 saturated heterocycles. The lowest BCUT2D eigenvalue weighted by Crippen LogP contribution is -2.41. The number of nitrogens with zero attached hydrogens (tertiary/aromatic N) is 4. The van der Waals surface area contributed by atoms with Crippen molar-refractivity contribution in [2.75, 3.05) is 6.54 Å². The molecule has 2 aromatic rings. The van der Waals surface area contributed by atoms with Crippen molar-refractivity contribution in [2.45, 2.75) is 26.8 Å². The summed E-state index contributed by atoms with van der Waals surface area (Å²) in [5, 5.41) is 7.12. The van der Waals surface area contributed by atoms with E-state index in [1.165, 1.54) is 14.1 Å². The van der Waals surface area contributed by atoms with Crippen molar-refractivity contribution in [2.24, 2.45) is 14.1 Å². The normalized spacial score (nSPS) is 12.2. The molecule has 124 valence electrons. The molecule has 1 N–H and O–H groups in total. The van der Waals surface area contributed by atoms with Crippen LogP contribution < -0.4 is 16.6 Å². The summed E-state index contributed by atoms with van der Waals surface area (Å²) in [5.41, 5.74) is 0.914. The molecule has 0 aliphatic carbocycles. The van der Waals surface area contributed by atoms with Crippen LogP contribution in [0, 0.1) is 13.8 Å². The molecule has 1 atom stereocenters. The van der Waals surface area contributed by atoms with Gasteiger partial charge in [-0.3, -0.25) is 23.4 Å². The van der Waals surface area contributed by atoms with Gasteiger partial charge in [0.05, 0.1) is 11.7 Å². The molecular weight excluding hydrogens is 298 g/mol. The van der Waals surface area contributed by atoms with Gasteiger partial charge >= 0.3 is 5.69 Å². The fourth-order valence-electron chi connectivity index (χ4n) is 2.46. The average Bonchev–Trinajstić information content (AvgIpc) is 2.84. The number of amides is 1. The van der Waals surface area contributed by atoms with E-state index in [4.69, 9.17) is 0 Å². The first kappa shape index (κ1) is 16.7. The van der Waals surface area contributed by atoms with Gasteiger partial charge in [0.1, 0.15) is 5.69 Å². The number of hydrogen-bond acceptors (Lipinski definition) is 4. The first-order chi connectivity index (χ1) is 10.7. The van der Waals surface area contributed by atoms with E-state index in [0.717, 1.165) is 26.6 Å². The van der Waals surface area contributed by atoms with E-state index in [1.54, 1.807) is 0 Å². The van der Waals surface area contributed by atoms with E-state index >= 15 is 0 Å². The Hall–Kier alpha value is -2.64. The zero-order chi connectivity index (χ0) is 17.3. The van der Waals surface area contributed by atoms with Gasteiger partial charge in [-0.2, -0.15) is 5.10 Å². The molecule has 0 aromatic carbocycles. The molecule has 23 heavy (non-hydrogen) atoms.